The molecule has 5 heteroatoms. The van der Waals surface area contributed by atoms with E-state index in [-0.39, 0.29) is 12.5 Å². The number of hydrogen-bond acceptors (Lipinski definition) is 4. The second-order valence-corrected chi connectivity index (χ2v) is 5.37. The maximum absolute atomic E-state index is 12.8. The van der Waals surface area contributed by atoms with Crippen molar-refractivity contribution in [3.05, 3.63) is 29.8 Å². The van der Waals surface area contributed by atoms with Crippen molar-refractivity contribution in [3.8, 4) is 0 Å². The molecular formula is C15H25FN2O2. The molecule has 20 heavy (non-hydrogen) atoms. The zero-order valence-electron chi connectivity index (χ0n) is 12.3. The number of aromatic nitrogens is 1. The lowest BCUT2D eigenvalue weighted by atomic mass is 10.0. The molecule has 1 rings (SSSR count). The van der Waals surface area contributed by atoms with Gasteiger partial charge in [-0.3, -0.25) is 4.98 Å². The van der Waals surface area contributed by atoms with Crippen LogP contribution in [0.2, 0.25) is 0 Å². The number of aliphatic hydroxyl groups excluding tert-OH is 2. The fourth-order valence-electron chi connectivity index (χ4n) is 2.21. The summed E-state index contributed by atoms with van der Waals surface area (Å²) >= 11 is 0. The summed E-state index contributed by atoms with van der Waals surface area (Å²) in [7, 11) is 2.01. The van der Waals surface area contributed by atoms with Crippen LogP contribution in [0.15, 0.2) is 18.3 Å². The topological polar surface area (TPSA) is 56.6 Å². The zero-order chi connectivity index (χ0) is 15.0. The van der Waals surface area contributed by atoms with E-state index < -0.39 is 11.9 Å². The van der Waals surface area contributed by atoms with Gasteiger partial charge in [0.2, 0.25) is 0 Å². The molecule has 0 bridgehead atoms. The molecule has 0 spiro atoms. The summed E-state index contributed by atoms with van der Waals surface area (Å²) < 4.78 is 12.8. The van der Waals surface area contributed by atoms with E-state index >= 15 is 0 Å². The summed E-state index contributed by atoms with van der Waals surface area (Å²) in [5.41, 5.74) is 0.507. The smallest absolute Gasteiger partial charge is 0.141 e. The number of aliphatic hydroxyl groups is 2. The molecule has 0 aliphatic rings. The Kier molecular flexibility index (Phi) is 7.65. The molecule has 0 radical (unpaired) electrons. The van der Waals surface area contributed by atoms with Gasteiger partial charge in [0.05, 0.1) is 18.0 Å². The maximum Gasteiger partial charge on any atom is 0.141 e. The fraction of sp³-hybridized carbons (Fsp3) is 0.667. The first-order valence-corrected chi connectivity index (χ1v) is 7.13. The van der Waals surface area contributed by atoms with Gasteiger partial charge in [0.25, 0.3) is 0 Å². The molecule has 4 nitrogen and oxygen atoms in total. The van der Waals surface area contributed by atoms with Gasteiger partial charge in [0.15, 0.2) is 0 Å². The molecule has 2 atom stereocenters. The predicted molar refractivity (Wildman–Crippen MR) is 76.8 cm³/mol. The normalized spacial score (nSPS) is 14.5. The highest BCUT2D eigenvalue weighted by molar-refractivity contribution is 5.08. The van der Waals surface area contributed by atoms with Crippen molar-refractivity contribution < 1.29 is 14.6 Å². The van der Waals surface area contributed by atoms with Crippen molar-refractivity contribution >= 4 is 0 Å². The van der Waals surface area contributed by atoms with Gasteiger partial charge in [-0.05, 0) is 45.0 Å². The molecule has 0 aromatic carbocycles. The first-order valence-electron chi connectivity index (χ1n) is 7.13. The largest absolute Gasteiger partial charge is 0.396 e. The molecule has 0 amide bonds. The Morgan fingerprint density at radius 1 is 1.30 bits per heavy atom. The molecule has 2 unspecified atom stereocenters. The lowest BCUT2D eigenvalue weighted by Gasteiger charge is -2.24. The van der Waals surface area contributed by atoms with Crippen LogP contribution >= 0.6 is 0 Å². The van der Waals surface area contributed by atoms with Crippen LogP contribution in [-0.4, -0.2) is 46.8 Å². The van der Waals surface area contributed by atoms with Crippen LogP contribution in [0.25, 0.3) is 0 Å². The SMILES string of the molecule is CC(CN(C)CCCCCO)C(O)c1ccc(F)cn1. The van der Waals surface area contributed by atoms with Crippen LogP contribution in [0.4, 0.5) is 4.39 Å². The lowest BCUT2D eigenvalue weighted by molar-refractivity contribution is 0.0907. The second-order valence-electron chi connectivity index (χ2n) is 5.37. The minimum atomic E-state index is -0.685. The van der Waals surface area contributed by atoms with E-state index in [0.717, 1.165) is 38.5 Å². The van der Waals surface area contributed by atoms with E-state index in [1.165, 1.54) is 12.1 Å². The molecular weight excluding hydrogens is 259 g/mol. The number of unbranched alkanes of at least 4 members (excludes halogenated alkanes) is 2. The molecule has 1 heterocycles. The third kappa shape index (κ3) is 5.94. The van der Waals surface area contributed by atoms with Crippen LogP contribution in [0.3, 0.4) is 0 Å². The highest BCUT2D eigenvalue weighted by Crippen LogP contribution is 2.20. The molecule has 114 valence electrons. The van der Waals surface area contributed by atoms with E-state index in [0.29, 0.717) is 5.69 Å². The molecule has 0 aliphatic heterocycles. The van der Waals surface area contributed by atoms with Gasteiger partial charge in [0, 0.05) is 19.1 Å². The van der Waals surface area contributed by atoms with Gasteiger partial charge in [0.1, 0.15) is 5.82 Å². The summed E-state index contributed by atoms with van der Waals surface area (Å²) in [5.74, 6) is -0.370. The summed E-state index contributed by atoms with van der Waals surface area (Å²) in [6, 6.07) is 2.84. The van der Waals surface area contributed by atoms with Gasteiger partial charge in [-0.1, -0.05) is 6.92 Å². The van der Waals surface area contributed by atoms with Crippen molar-refractivity contribution in [2.75, 3.05) is 26.7 Å². The predicted octanol–water partition coefficient (Wildman–Crippen LogP) is 1.98. The Bertz CT molecular complexity index is 373. The molecule has 0 aliphatic carbocycles. The van der Waals surface area contributed by atoms with Crippen LogP contribution in [0.5, 0.6) is 0 Å². The van der Waals surface area contributed by atoms with Crippen molar-refractivity contribution in [2.45, 2.75) is 32.3 Å². The third-order valence-corrected chi connectivity index (χ3v) is 3.39. The lowest BCUT2D eigenvalue weighted by Crippen LogP contribution is -2.29. The zero-order valence-corrected chi connectivity index (χ0v) is 12.3. The summed E-state index contributed by atoms with van der Waals surface area (Å²) in [5, 5.41) is 18.9. The highest BCUT2D eigenvalue weighted by Gasteiger charge is 2.19. The number of rotatable bonds is 9. The molecule has 0 fully saturated rings. The standard InChI is InChI=1S/C15H25FN2O2/c1-12(11-18(2)8-4-3-5-9-19)15(20)14-7-6-13(16)10-17-14/h6-7,10,12,15,19-20H,3-5,8-9,11H2,1-2H3. The molecule has 1 aromatic rings. The third-order valence-electron chi connectivity index (χ3n) is 3.39. The van der Waals surface area contributed by atoms with Crippen LogP contribution in [0, 0.1) is 11.7 Å². The van der Waals surface area contributed by atoms with E-state index in [9.17, 15) is 9.50 Å². The average molecular weight is 284 g/mol. The number of halogens is 1. The highest BCUT2D eigenvalue weighted by atomic mass is 19.1. The average Bonchev–Trinajstić information content (AvgIpc) is 2.43. The quantitative estimate of drug-likeness (QED) is 0.681. The van der Waals surface area contributed by atoms with Crippen molar-refractivity contribution in [1.29, 1.82) is 0 Å². The Morgan fingerprint density at radius 2 is 2.05 bits per heavy atom. The Morgan fingerprint density at radius 3 is 2.65 bits per heavy atom. The van der Waals surface area contributed by atoms with Gasteiger partial charge in [-0.25, -0.2) is 4.39 Å². The maximum atomic E-state index is 12.8. The summed E-state index contributed by atoms with van der Waals surface area (Å²) in [6.45, 7) is 3.89. The van der Waals surface area contributed by atoms with Crippen LogP contribution in [-0.2, 0) is 0 Å². The second kappa shape index (κ2) is 9.00. The van der Waals surface area contributed by atoms with E-state index in [2.05, 4.69) is 9.88 Å². The van der Waals surface area contributed by atoms with Gasteiger partial charge in [-0.2, -0.15) is 0 Å². The van der Waals surface area contributed by atoms with E-state index in [1.807, 2.05) is 14.0 Å². The molecule has 0 saturated heterocycles. The first kappa shape index (κ1) is 17.0. The number of pyridine rings is 1. The first-order chi connectivity index (χ1) is 9.54. The van der Waals surface area contributed by atoms with Gasteiger partial charge < -0.3 is 15.1 Å². The summed E-state index contributed by atoms with van der Waals surface area (Å²) in [4.78, 5) is 6.08. The number of hydrogen-bond donors (Lipinski definition) is 2. The van der Waals surface area contributed by atoms with Crippen molar-refractivity contribution in [3.63, 3.8) is 0 Å². The van der Waals surface area contributed by atoms with Gasteiger partial charge >= 0.3 is 0 Å². The van der Waals surface area contributed by atoms with Crippen LogP contribution in [0.1, 0.15) is 38.0 Å². The fourth-order valence-corrected chi connectivity index (χ4v) is 2.21. The Hall–Kier alpha value is -1.04. The number of nitrogens with zero attached hydrogens (tertiary/aromatic N) is 2. The van der Waals surface area contributed by atoms with E-state index in [1.54, 1.807) is 0 Å². The molecule has 2 N–H and O–H groups in total. The minimum Gasteiger partial charge on any atom is -0.396 e. The summed E-state index contributed by atoms with van der Waals surface area (Å²) in [6.07, 6.45) is 3.33. The Labute approximate surface area is 120 Å². The van der Waals surface area contributed by atoms with Gasteiger partial charge in [-0.15, -0.1) is 0 Å². The molecule has 1 aromatic heterocycles. The minimum absolute atomic E-state index is 0.0239. The van der Waals surface area contributed by atoms with Crippen molar-refractivity contribution in [2.24, 2.45) is 5.92 Å². The molecule has 0 saturated carbocycles. The van der Waals surface area contributed by atoms with Crippen molar-refractivity contribution in [1.82, 2.24) is 9.88 Å². The van der Waals surface area contributed by atoms with E-state index in [4.69, 9.17) is 5.11 Å². The Balaban J connectivity index is 2.37. The monoisotopic (exact) mass is 284 g/mol. The van der Waals surface area contributed by atoms with Crippen LogP contribution < -0.4 is 0 Å².